The van der Waals surface area contributed by atoms with Crippen LogP contribution in [0, 0.1) is 11.2 Å². The van der Waals surface area contributed by atoms with Gasteiger partial charge in [-0.15, -0.1) is 0 Å². The minimum Gasteiger partial charge on any atom is -0.466 e. The van der Waals surface area contributed by atoms with Crippen LogP contribution in [-0.4, -0.2) is 37.5 Å². The van der Waals surface area contributed by atoms with E-state index in [4.69, 9.17) is 9.57 Å². The average molecular weight is 334 g/mol. The van der Waals surface area contributed by atoms with Crippen LogP contribution in [0.25, 0.3) is 0 Å². The molecule has 0 aliphatic carbocycles. The number of hydrogen-bond donors (Lipinski definition) is 1. The van der Waals surface area contributed by atoms with Gasteiger partial charge in [0.15, 0.2) is 0 Å². The molecule has 2 aliphatic heterocycles. The third-order valence-electron chi connectivity index (χ3n) is 4.81. The molecule has 1 N–H and O–H groups in total. The minimum atomic E-state index is -0.536. The predicted molar refractivity (Wildman–Crippen MR) is 88.2 cm³/mol. The standard InChI is InChI=1S/C18H23FN2O3/c1-2-23-17(22)18(7-9-20-10-8-18)12-13-11-16(21-24-13)14-5-3-4-6-15(14)19/h3-6,13,20H,2,7-12H2,1H3/t13-/m1/s1. The normalized spacial score (nSPS) is 22.6. The minimum absolute atomic E-state index is 0.158. The quantitative estimate of drug-likeness (QED) is 0.841. The molecule has 1 atom stereocenters. The monoisotopic (exact) mass is 334 g/mol. The van der Waals surface area contributed by atoms with Crippen molar-refractivity contribution in [3.63, 3.8) is 0 Å². The second-order valence-electron chi connectivity index (χ2n) is 6.40. The van der Waals surface area contributed by atoms with E-state index in [0.717, 1.165) is 25.9 Å². The van der Waals surface area contributed by atoms with Crippen molar-refractivity contribution < 1.29 is 18.8 Å². The zero-order chi connectivity index (χ0) is 17.0. The predicted octanol–water partition coefficient (Wildman–Crippen LogP) is 2.64. The van der Waals surface area contributed by atoms with Crippen molar-refractivity contribution in [1.29, 1.82) is 0 Å². The summed E-state index contributed by atoms with van der Waals surface area (Å²) in [7, 11) is 0. The highest BCUT2D eigenvalue weighted by Crippen LogP contribution is 2.38. The molecule has 0 amide bonds. The molecule has 1 aromatic rings. The molecule has 130 valence electrons. The molecule has 2 heterocycles. The molecule has 1 fully saturated rings. The van der Waals surface area contributed by atoms with Crippen molar-refractivity contribution in [3.05, 3.63) is 35.6 Å². The van der Waals surface area contributed by atoms with Gasteiger partial charge in [-0.3, -0.25) is 4.79 Å². The summed E-state index contributed by atoms with van der Waals surface area (Å²) in [6.07, 6.45) is 2.29. The van der Waals surface area contributed by atoms with E-state index in [2.05, 4.69) is 10.5 Å². The Morgan fingerprint density at radius 2 is 2.17 bits per heavy atom. The Balaban J connectivity index is 1.69. The summed E-state index contributed by atoms with van der Waals surface area (Å²) in [5.74, 6) is -0.461. The van der Waals surface area contributed by atoms with Crippen LogP contribution in [0.2, 0.25) is 0 Å². The van der Waals surface area contributed by atoms with E-state index in [1.165, 1.54) is 6.07 Å². The number of halogens is 1. The highest BCUT2D eigenvalue weighted by Gasteiger charge is 2.44. The summed E-state index contributed by atoms with van der Waals surface area (Å²) < 4.78 is 19.2. The van der Waals surface area contributed by atoms with Crippen LogP contribution in [0.1, 0.15) is 38.2 Å². The van der Waals surface area contributed by atoms with Crippen LogP contribution < -0.4 is 5.32 Å². The number of carbonyl (C=O) groups is 1. The van der Waals surface area contributed by atoms with Gasteiger partial charge < -0.3 is 14.9 Å². The van der Waals surface area contributed by atoms with Crippen molar-refractivity contribution in [1.82, 2.24) is 5.32 Å². The van der Waals surface area contributed by atoms with E-state index in [-0.39, 0.29) is 17.9 Å². The smallest absolute Gasteiger partial charge is 0.312 e. The first-order chi connectivity index (χ1) is 11.6. The summed E-state index contributed by atoms with van der Waals surface area (Å²) in [5.41, 5.74) is 0.535. The molecule has 0 radical (unpaired) electrons. The molecule has 3 rings (SSSR count). The zero-order valence-electron chi connectivity index (χ0n) is 13.9. The maximum Gasteiger partial charge on any atom is 0.312 e. The molecule has 6 heteroatoms. The van der Waals surface area contributed by atoms with Gasteiger partial charge in [-0.05, 0) is 38.9 Å². The van der Waals surface area contributed by atoms with Crippen LogP contribution in [-0.2, 0) is 14.4 Å². The van der Waals surface area contributed by atoms with E-state index in [1.807, 2.05) is 6.92 Å². The number of oxime groups is 1. The largest absolute Gasteiger partial charge is 0.466 e. The fourth-order valence-corrected chi connectivity index (χ4v) is 3.51. The third-order valence-corrected chi connectivity index (χ3v) is 4.81. The molecule has 24 heavy (non-hydrogen) atoms. The Bertz CT molecular complexity index is 626. The van der Waals surface area contributed by atoms with Crippen LogP contribution in [0.15, 0.2) is 29.4 Å². The number of nitrogens with zero attached hydrogens (tertiary/aromatic N) is 1. The molecule has 0 saturated carbocycles. The number of esters is 1. The van der Waals surface area contributed by atoms with Crippen LogP contribution in [0.3, 0.4) is 0 Å². The van der Waals surface area contributed by atoms with E-state index >= 15 is 0 Å². The number of benzene rings is 1. The second kappa shape index (κ2) is 7.30. The molecule has 1 aromatic carbocycles. The first kappa shape index (κ1) is 16.9. The Morgan fingerprint density at radius 1 is 1.42 bits per heavy atom. The molecule has 0 aromatic heterocycles. The first-order valence-electron chi connectivity index (χ1n) is 8.50. The van der Waals surface area contributed by atoms with E-state index in [9.17, 15) is 9.18 Å². The number of nitrogens with one attached hydrogen (secondary N) is 1. The summed E-state index contributed by atoms with van der Waals surface area (Å²) in [4.78, 5) is 18.0. The van der Waals surface area contributed by atoms with Crippen LogP contribution in [0.4, 0.5) is 4.39 Å². The summed E-state index contributed by atoms with van der Waals surface area (Å²) >= 11 is 0. The molecule has 1 saturated heterocycles. The van der Waals surface area contributed by atoms with Gasteiger partial charge in [0.05, 0.1) is 17.7 Å². The molecule has 5 nitrogen and oxygen atoms in total. The number of piperidine rings is 1. The van der Waals surface area contributed by atoms with Gasteiger partial charge in [-0.1, -0.05) is 23.4 Å². The molecule has 2 aliphatic rings. The zero-order valence-corrected chi connectivity index (χ0v) is 13.9. The van der Waals surface area contributed by atoms with E-state index < -0.39 is 5.41 Å². The number of carbonyl (C=O) groups excluding carboxylic acids is 1. The Labute approximate surface area is 141 Å². The number of hydrogen-bond acceptors (Lipinski definition) is 5. The molecular formula is C18H23FN2O3. The van der Waals surface area contributed by atoms with Crippen molar-refractivity contribution in [2.24, 2.45) is 10.6 Å². The van der Waals surface area contributed by atoms with Gasteiger partial charge in [0.1, 0.15) is 11.9 Å². The fourth-order valence-electron chi connectivity index (χ4n) is 3.51. The summed E-state index contributed by atoms with van der Waals surface area (Å²) in [6, 6.07) is 6.54. The lowest BCUT2D eigenvalue weighted by Gasteiger charge is -2.36. The van der Waals surface area contributed by atoms with Crippen molar-refractivity contribution in [2.45, 2.75) is 38.7 Å². The second-order valence-corrected chi connectivity index (χ2v) is 6.40. The van der Waals surface area contributed by atoms with Crippen molar-refractivity contribution in [2.75, 3.05) is 19.7 Å². The lowest BCUT2D eigenvalue weighted by Crippen LogP contribution is -2.45. The Morgan fingerprint density at radius 3 is 2.88 bits per heavy atom. The van der Waals surface area contributed by atoms with Gasteiger partial charge in [0, 0.05) is 18.4 Å². The van der Waals surface area contributed by atoms with Gasteiger partial charge in [-0.2, -0.15) is 0 Å². The molecule has 0 bridgehead atoms. The van der Waals surface area contributed by atoms with Crippen LogP contribution in [0.5, 0.6) is 0 Å². The van der Waals surface area contributed by atoms with Gasteiger partial charge in [-0.25, -0.2) is 4.39 Å². The molecule has 0 spiro atoms. The van der Waals surface area contributed by atoms with Crippen molar-refractivity contribution >= 4 is 11.7 Å². The van der Waals surface area contributed by atoms with Gasteiger partial charge >= 0.3 is 5.97 Å². The lowest BCUT2D eigenvalue weighted by atomic mass is 9.74. The molecule has 0 unspecified atom stereocenters. The Kier molecular flexibility index (Phi) is 5.14. The topological polar surface area (TPSA) is 59.9 Å². The fraction of sp³-hybridized carbons (Fsp3) is 0.556. The average Bonchev–Trinajstić information content (AvgIpc) is 3.04. The first-order valence-corrected chi connectivity index (χ1v) is 8.50. The maximum absolute atomic E-state index is 13.9. The maximum atomic E-state index is 13.9. The Hall–Kier alpha value is -1.95. The van der Waals surface area contributed by atoms with Gasteiger partial charge in [0.25, 0.3) is 0 Å². The summed E-state index contributed by atoms with van der Waals surface area (Å²) in [5, 5.41) is 7.34. The number of ether oxygens (including phenoxy) is 1. The van der Waals surface area contributed by atoms with E-state index in [1.54, 1.807) is 18.2 Å². The van der Waals surface area contributed by atoms with Crippen LogP contribution >= 0.6 is 0 Å². The SMILES string of the molecule is CCOC(=O)C1(C[C@H]2CC(c3ccccc3F)=NO2)CCNCC1. The van der Waals surface area contributed by atoms with E-state index in [0.29, 0.717) is 30.7 Å². The molecular weight excluding hydrogens is 311 g/mol. The van der Waals surface area contributed by atoms with Gasteiger partial charge in [0.2, 0.25) is 0 Å². The highest BCUT2D eigenvalue weighted by molar-refractivity contribution is 6.01. The number of rotatable bonds is 5. The third kappa shape index (κ3) is 3.43. The lowest BCUT2D eigenvalue weighted by molar-refractivity contribution is -0.160. The highest BCUT2D eigenvalue weighted by atomic mass is 19.1. The van der Waals surface area contributed by atoms with Crippen molar-refractivity contribution in [3.8, 4) is 0 Å². The summed E-state index contributed by atoms with van der Waals surface area (Å²) in [6.45, 7) is 3.76.